The minimum Gasteiger partial charge on any atom is -0.508 e. The van der Waals surface area contributed by atoms with Crippen molar-refractivity contribution in [3.05, 3.63) is 107 Å². The highest BCUT2D eigenvalue weighted by Crippen LogP contribution is 2.42. The third-order valence-electron chi connectivity index (χ3n) is 6.28. The highest BCUT2D eigenvalue weighted by atomic mass is 16.3. The molecule has 0 aliphatic heterocycles. The minimum atomic E-state index is 0.107. The van der Waals surface area contributed by atoms with Crippen LogP contribution in [-0.4, -0.2) is 10.2 Å². The third kappa shape index (κ3) is 4.49. The first-order valence-corrected chi connectivity index (χ1v) is 11.3. The molecule has 0 atom stereocenters. The van der Waals surface area contributed by atoms with Crippen LogP contribution in [0.4, 0.5) is 0 Å². The highest BCUT2D eigenvalue weighted by Gasteiger charge is 2.23. The van der Waals surface area contributed by atoms with Crippen molar-refractivity contribution >= 4 is 0 Å². The van der Waals surface area contributed by atoms with Crippen LogP contribution in [0.1, 0.15) is 41.5 Å². The molecule has 0 amide bonds. The maximum absolute atomic E-state index is 9.82. The first-order valence-electron chi connectivity index (χ1n) is 11.3. The van der Waals surface area contributed by atoms with Crippen LogP contribution in [-0.2, 0) is 13.1 Å². The lowest BCUT2D eigenvalue weighted by atomic mass is 9.78. The molecule has 0 aliphatic carbocycles. The van der Waals surface area contributed by atoms with Crippen molar-refractivity contribution < 1.29 is 10.2 Å². The Balaban J connectivity index is 1.96. The molecule has 0 saturated heterocycles. The zero-order chi connectivity index (χ0) is 23.4. The summed E-state index contributed by atoms with van der Waals surface area (Å²) in [6, 6.07) is 27.2. The van der Waals surface area contributed by atoms with Crippen molar-refractivity contribution in [3.63, 3.8) is 0 Å². The first kappa shape index (κ1) is 22.6. The van der Waals surface area contributed by atoms with Gasteiger partial charge < -0.3 is 21.7 Å². The summed E-state index contributed by atoms with van der Waals surface area (Å²) in [5.74, 6) is 0.585. The van der Waals surface area contributed by atoms with E-state index in [9.17, 15) is 10.2 Å². The van der Waals surface area contributed by atoms with E-state index in [1.165, 1.54) is 11.1 Å². The van der Waals surface area contributed by atoms with Crippen LogP contribution in [0.5, 0.6) is 11.5 Å². The molecular formula is C29H30N2O2. The molecule has 4 rings (SSSR count). The van der Waals surface area contributed by atoms with Crippen molar-refractivity contribution in [1.82, 2.24) is 0 Å². The fraction of sp³-hybridized carbons (Fsp3) is 0.172. The second-order valence-electron chi connectivity index (χ2n) is 8.23. The molecule has 0 radical (unpaired) electrons. The van der Waals surface area contributed by atoms with E-state index in [1.54, 1.807) is 24.3 Å². The standard InChI is InChI=1S/C29H30N2O2/c1-2-25(26-7-3-5-21(17-30)28(26)19-9-13-23(32)14-10-19)27-8-4-6-22(18-31)29(27)20-11-15-24(33)16-12-20/h3-16,25,32-33H,2,17-18,30-31H2,1H3. The number of aromatic hydroxyl groups is 2. The fourth-order valence-electron chi connectivity index (χ4n) is 4.73. The van der Waals surface area contributed by atoms with Crippen LogP contribution < -0.4 is 11.5 Å². The van der Waals surface area contributed by atoms with Gasteiger partial charge in [-0.2, -0.15) is 0 Å². The summed E-state index contributed by atoms with van der Waals surface area (Å²) < 4.78 is 0. The summed E-state index contributed by atoms with van der Waals surface area (Å²) in [4.78, 5) is 0. The normalized spacial score (nSPS) is 11.2. The van der Waals surface area contributed by atoms with Crippen molar-refractivity contribution in [2.24, 2.45) is 11.5 Å². The Morgan fingerprint density at radius 3 is 1.33 bits per heavy atom. The summed E-state index contributed by atoms with van der Waals surface area (Å²) in [7, 11) is 0. The van der Waals surface area contributed by atoms with Gasteiger partial charge in [0.25, 0.3) is 0 Å². The van der Waals surface area contributed by atoms with Crippen molar-refractivity contribution in [2.75, 3.05) is 0 Å². The van der Waals surface area contributed by atoms with Gasteiger partial charge >= 0.3 is 0 Å². The van der Waals surface area contributed by atoms with Crippen LogP contribution in [0.15, 0.2) is 84.9 Å². The number of phenolic OH excluding ortho intramolecular Hbond substituents is 2. The Bertz CT molecular complexity index is 1130. The van der Waals surface area contributed by atoms with E-state index < -0.39 is 0 Å². The van der Waals surface area contributed by atoms with Crippen LogP contribution in [0, 0.1) is 0 Å². The Morgan fingerprint density at radius 1 is 0.606 bits per heavy atom. The van der Waals surface area contributed by atoms with Gasteiger partial charge in [-0.1, -0.05) is 67.6 Å². The van der Waals surface area contributed by atoms with Gasteiger partial charge in [-0.15, -0.1) is 0 Å². The summed E-state index contributed by atoms with van der Waals surface area (Å²) in [6.07, 6.45) is 0.887. The molecule has 168 valence electrons. The average Bonchev–Trinajstić information content (AvgIpc) is 2.85. The predicted octanol–water partition coefficient (Wildman–Crippen LogP) is 5.89. The quantitative estimate of drug-likeness (QED) is 0.289. The molecule has 4 aromatic rings. The van der Waals surface area contributed by atoms with E-state index in [1.807, 2.05) is 24.3 Å². The Labute approximate surface area is 195 Å². The van der Waals surface area contributed by atoms with Crippen molar-refractivity contribution in [1.29, 1.82) is 0 Å². The van der Waals surface area contributed by atoms with Gasteiger partial charge in [0.15, 0.2) is 0 Å². The van der Waals surface area contributed by atoms with Gasteiger partial charge in [-0.25, -0.2) is 0 Å². The van der Waals surface area contributed by atoms with Crippen LogP contribution in [0.2, 0.25) is 0 Å². The molecule has 0 heterocycles. The molecule has 33 heavy (non-hydrogen) atoms. The molecule has 0 aromatic heterocycles. The second kappa shape index (κ2) is 9.90. The fourth-order valence-corrected chi connectivity index (χ4v) is 4.73. The maximum atomic E-state index is 9.82. The smallest absolute Gasteiger partial charge is 0.115 e. The number of benzene rings is 4. The van der Waals surface area contributed by atoms with E-state index in [4.69, 9.17) is 11.5 Å². The van der Waals surface area contributed by atoms with Gasteiger partial charge in [0.1, 0.15) is 11.5 Å². The Morgan fingerprint density at radius 2 is 1.00 bits per heavy atom. The molecular weight excluding hydrogens is 408 g/mol. The van der Waals surface area contributed by atoms with Gasteiger partial charge in [0.05, 0.1) is 0 Å². The molecule has 0 saturated carbocycles. The van der Waals surface area contributed by atoms with E-state index >= 15 is 0 Å². The summed E-state index contributed by atoms with van der Waals surface area (Å²) in [5, 5.41) is 19.6. The van der Waals surface area contributed by atoms with E-state index in [0.717, 1.165) is 39.8 Å². The predicted molar refractivity (Wildman–Crippen MR) is 135 cm³/mol. The second-order valence-corrected chi connectivity index (χ2v) is 8.23. The number of hydrogen-bond acceptors (Lipinski definition) is 4. The zero-order valence-corrected chi connectivity index (χ0v) is 18.8. The molecule has 4 heteroatoms. The zero-order valence-electron chi connectivity index (χ0n) is 18.8. The lowest BCUT2D eigenvalue weighted by Gasteiger charge is -2.26. The van der Waals surface area contributed by atoms with Gasteiger partial charge in [-0.05, 0) is 75.2 Å². The molecule has 0 bridgehead atoms. The number of rotatable bonds is 7. The van der Waals surface area contributed by atoms with Crippen molar-refractivity contribution in [3.8, 4) is 33.8 Å². The SMILES string of the molecule is CCC(c1cccc(CN)c1-c1ccc(O)cc1)c1cccc(CN)c1-c1ccc(O)cc1. The third-order valence-corrected chi connectivity index (χ3v) is 6.28. The van der Waals surface area contributed by atoms with E-state index in [2.05, 4.69) is 43.3 Å². The lowest BCUT2D eigenvalue weighted by molar-refractivity contribution is 0.475. The molecule has 6 N–H and O–H groups in total. The maximum Gasteiger partial charge on any atom is 0.115 e. The topological polar surface area (TPSA) is 92.5 Å². The first-order chi connectivity index (χ1) is 16.1. The lowest BCUT2D eigenvalue weighted by Crippen LogP contribution is -2.10. The largest absolute Gasteiger partial charge is 0.508 e. The van der Waals surface area contributed by atoms with E-state index in [0.29, 0.717) is 13.1 Å². The number of hydrogen-bond donors (Lipinski definition) is 4. The van der Waals surface area contributed by atoms with E-state index in [-0.39, 0.29) is 17.4 Å². The monoisotopic (exact) mass is 438 g/mol. The van der Waals surface area contributed by atoms with Crippen LogP contribution in [0.25, 0.3) is 22.3 Å². The number of phenols is 2. The summed E-state index contributed by atoms with van der Waals surface area (Å²) in [6.45, 7) is 3.04. The molecule has 0 spiro atoms. The molecule has 0 unspecified atom stereocenters. The Hall–Kier alpha value is -3.60. The van der Waals surface area contributed by atoms with Gasteiger partial charge in [0, 0.05) is 19.0 Å². The molecule has 4 nitrogen and oxygen atoms in total. The molecule has 0 aliphatic rings. The average molecular weight is 439 g/mol. The number of nitrogens with two attached hydrogens (primary N) is 2. The minimum absolute atomic E-state index is 0.107. The van der Waals surface area contributed by atoms with Gasteiger partial charge in [0.2, 0.25) is 0 Å². The molecule has 4 aromatic carbocycles. The van der Waals surface area contributed by atoms with Gasteiger partial charge in [-0.3, -0.25) is 0 Å². The summed E-state index contributed by atoms with van der Waals surface area (Å²) in [5.41, 5.74) is 21.1. The van der Waals surface area contributed by atoms with Crippen LogP contribution >= 0.6 is 0 Å². The molecule has 0 fully saturated rings. The highest BCUT2D eigenvalue weighted by molar-refractivity contribution is 5.77. The Kier molecular flexibility index (Phi) is 6.78. The summed E-state index contributed by atoms with van der Waals surface area (Å²) >= 11 is 0. The van der Waals surface area contributed by atoms with Crippen molar-refractivity contribution in [2.45, 2.75) is 32.4 Å². The van der Waals surface area contributed by atoms with Crippen LogP contribution in [0.3, 0.4) is 0 Å².